The third kappa shape index (κ3) is 3.21. The van der Waals surface area contributed by atoms with Crippen molar-refractivity contribution in [3.63, 3.8) is 0 Å². The summed E-state index contributed by atoms with van der Waals surface area (Å²) >= 11 is 5.94. The first-order valence-corrected chi connectivity index (χ1v) is 7.26. The molecule has 0 aliphatic carbocycles. The lowest BCUT2D eigenvalue weighted by atomic mass is 10.0. The highest BCUT2D eigenvalue weighted by atomic mass is 35.5. The molecule has 1 heterocycles. The minimum atomic E-state index is -0.345. The molecule has 0 aliphatic heterocycles. The summed E-state index contributed by atoms with van der Waals surface area (Å²) in [6, 6.07) is 19.8. The molecule has 0 unspecified atom stereocenters. The van der Waals surface area contributed by atoms with Gasteiger partial charge < -0.3 is 9.73 Å². The highest BCUT2D eigenvalue weighted by Gasteiger charge is 2.20. The molecule has 1 N–H and O–H groups in total. The number of halogens is 1. The molecule has 2 aromatic carbocycles. The smallest absolute Gasteiger partial charge is 0.252 e. The maximum absolute atomic E-state index is 12.5. The van der Waals surface area contributed by atoms with Crippen LogP contribution in [0.25, 0.3) is 0 Å². The molecule has 0 radical (unpaired) electrons. The Balaban J connectivity index is 1.89. The molecular formula is C18H14ClNO2. The van der Waals surface area contributed by atoms with Crippen LogP contribution in [0, 0.1) is 0 Å². The zero-order valence-corrected chi connectivity index (χ0v) is 12.5. The van der Waals surface area contributed by atoms with Gasteiger partial charge in [0.25, 0.3) is 5.91 Å². The van der Waals surface area contributed by atoms with Crippen molar-refractivity contribution in [2.75, 3.05) is 0 Å². The molecule has 0 saturated carbocycles. The summed E-state index contributed by atoms with van der Waals surface area (Å²) in [7, 11) is 0. The van der Waals surface area contributed by atoms with Gasteiger partial charge >= 0.3 is 0 Å². The van der Waals surface area contributed by atoms with Gasteiger partial charge in [0.2, 0.25) is 0 Å². The predicted octanol–water partition coefficient (Wildman–Crippen LogP) is 4.45. The van der Waals surface area contributed by atoms with Crippen molar-refractivity contribution in [2.45, 2.75) is 6.04 Å². The fraction of sp³-hybridized carbons (Fsp3) is 0.0556. The van der Waals surface area contributed by atoms with Crippen LogP contribution in [0.5, 0.6) is 0 Å². The van der Waals surface area contributed by atoms with Gasteiger partial charge in [-0.1, -0.05) is 48.0 Å². The molecule has 0 fully saturated rings. The first-order valence-electron chi connectivity index (χ1n) is 6.89. The third-order valence-corrected chi connectivity index (χ3v) is 3.56. The molecule has 0 spiro atoms. The van der Waals surface area contributed by atoms with E-state index in [2.05, 4.69) is 5.32 Å². The second kappa shape index (κ2) is 6.50. The van der Waals surface area contributed by atoms with Crippen molar-refractivity contribution in [3.8, 4) is 0 Å². The number of carbonyl (C=O) groups is 1. The van der Waals surface area contributed by atoms with Crippen LogP contribution in [-0.2, 0) is 0 Å². The number of furan rings is 1. The molecule has 1 aromatic heterocycles. The van der Waals surface area contributed by atoms with E-state index in [0.29, 0.717) is 16.3 Å². The van der Waals surface area contributed by atoms with Gasteiger partial charge in [0.1, 0.15) is 11.8 Å². The number of amides is 1. The van der Waals surface area contributed by atoms with Crippen LogP contribution in [0.1, 0.15) is 27.7 Å². The lowest BCUT2D eigenvalue weighted by Crippen LogP contribution is -2.29. The maximum atomic E-state index is 12.5. The topological polar surface area (TPSA) is 42.2 Å². The molecule has 4 heteroatoms. The maximum Gasteiger partial charge on any atom is 0.252 e. The molecular weight excluding hydrogens is 298 g/mol. The van der Waals surface area contributed by atoms with Gasteiger partial charge in [0.15, 0.2) is 0 Å². The van der Waals surface area contributed by atoms with Crippen molar-refractivity contribution < 1.29 is 9.21 Å². The standard InChI is InChI=1S/C18H14ClNO2/c19-15-9-4-8-14(12-15)18(21)20-17(16-10-5-11-22-16)13-6-2-1-3-7-13/h1-12,17H,(H,20,21)/t17-/m0/s1. The predicted molar refractivity (Wildman–Crippen MR) is 85.9 cm³/mol. The van der Waals surface area contributed by atoms with Crippen molar-refractivity contribution in [1.29, 1.82) is 0 Å². The lowest BCUT2D eigenvalue weighted by molar-refractivity contribution is 0.0939. The molecule has 1 atom stereocenters. The van der Waals surface area contributed by atoms with E-state index in [1.165, 1.54) is 0 Å². The minimum Gasteiger partial charge on any atom is -0.467 e. The van der Waals surface area contributed by atoms with Crippen LogP contribution >= 0.6 is 11.6 Å². The van der Waals surface area contributed by atoms with Crippen LogP contribution in [0.3, 0.4) is 0 Å². The molecule has 0 bridgehead atoms. The highest BCUT2D eigenvalue weighted by Crippen LogP contribution is 2.23. The SMILES string of the molecule is O=C(N[C@@H](c1ccccc1)c1ccco1)c1cccc(Cl)c1. The van der Waals surface area contributed by atoms with Gasteiger partial charge in [-0.05, 0) is 35.9 Å². The van der Waals surface area contributed by atoms with Gasteiger partial charge in [-0.15, -0.1) is 0 Å². The molecule has 22 heavy (non-hydrogen) atoms. The average Bonchev–Trinajstić information content (AvgIpc) is 3.07. The summed E-state index contributed by atoms with van der Waals surface area (Å²) in [5, 5.41) is 3.52. The number of carbonyl (C=O) groups excluding carboxylic acids is 1. The lowest BCUT2D eigenvalue weighted by Gasteiger charge is -2.17. The molecule has 1 amide bonds. The zero-order chi connectivity index (χ0) is 15.4. The second-order valence-electron chi connectivity index (χ2n) is 4.84. The fourth-order valence-electron chi connectivity index (χ4n) is 2.26. The Bertz CT molecular complexity index is 754. The molecule has 0 saturated heterocycles. The molecule has 3 rings (SSSR count). The summed E-state index contributed by atoms with van der Waals surface area (Å²) in [6.45, 7) is 0. The van der Waals surface area contributed by atoms with E-state index in [9.17, 15) is 4.79 Å². The average molecular weight is 312 g/mol. The summed E-state index contributed by atoms with van der Waals surface area (Å²) in [6.07, 6.45) is 1.59. The monoisotopic (exact) mass is 311 g/mol. The van der Waals surface area contributed by atoms with Gasteiger partial charge in [0.05, 0.1) is 6.26 Å². The van der Waals surface area contributed by atoms with Gasteiger partial charge in [-0.3, -0.25) is 4.79 Å². The molecule has 3 aromatic rings. The molecule has 110 valence electrons. The van der Waals surface area contributed by atoms with E-state index in [1.807, 2.05) is 36.4 Å². The van der Waals surface area contributed by atoms with Crippen LogP contribution in [0.4, 0.5) is 0 Å². The Hall–Kier alpha value is -2.52. The highest BCUT2D eigenvalue weighted by molar-refractivity contribution is 6.30. The first kappa shape index (κ1) is 14.4. The number of nitrogens with one attached hydrogen (secondary N) is 1. The number of hydrogen-bond acceptors (Lipinski definition) is 2. The Kier molecular flexibility index (Phi) is 4.26. The van der Waals surface area contributed by atoms with Crippen LogP contribution in [0.2, 0.25) is 5.02 Å². The van der Waals surface area contributed by atoms with Crippen LogP contribution in [0.15, 0.2) is 77.4 Å². The van der Waals surface area contributed by atoms with E-state index in [4.69, 9.17) is 16.0 Å². The van der Waals surface area contributed by atoms with Crippen molar-refractivity contribution in [1.82, 2.24) is 5.32 Å². The number of benzene rings is 2. The minimum absolute atomic E-state index is 0.201. The normalized spacial score (nSPS) is 11.9. The van der Waals surface area contributed by atoms with E-state index in [0.717, 1.165) is 5.56 Å². The third-order valence-electron chi connectivity index (χ3n) is 3.32. The molecule has 3 nitrogen and oxygen atoms in total. The van der Waals surface area contributed by atoms with Gasteiger partial charge in [0, 0.05) is 10.6 Å². The van der Waals surface area contributed by atoms with Gasteiger partial charge in [-0.25, -0.2) is 0 Å². The van der Waals surface area contributed by atoms with E-state index in [1.54, 1.807) is 36.6 Å². The number of rotatable bonds is 4. The summed E-state index contributed by atoms with van der Waals surface area (Å²) < 4.78 is 5.47. The Morgan fingerprint density at radius 3 is 2.50 bits per heavy atom. The van der Waals surface area contributed by atoms with Crippen LogP contribution in [-0.4, -0.2) is 5.91 Å². The van der Waals surface area contributed by atoms with Crippen molar-refractivity contribution >= 4 is 17.5 Å². The van der Waals surface area contributed by atoms with Crippen LogP contribution < -0.4 is 5.32 Å². The summed E-state index contributed by atoms with van der Waals surface area (Å²) in [5.74, 6) is 0.481. The second-order valence-corrected chi connectivity index (χ2v) is 5.28. The van der Waals surface area contributed by atoms with E-state index < -0.39 is 0 Å². The summed E-state index contributed by atoms with van der Waals surface area (Å²) in [4.78, 5) is 12.5. The van der Waals surface area contributed by atoms with E-state index in [-0.39, 0.29) is 11.9 Å². The molecule has 0 aliphatic rings. The Morgan fingerprint density at radius 1 is 1.00 bits per heavy atom. The number of hydrogen-bond donors (Lipinski definition) is 1. The van der Waals surface area contributed by atoms with E-state index >= 15 is 0 Å². The Labute approximate surface area is 133 Å². The fourth-order valence-corrected chi connectivity index (χ4v) is 2.45. The van der Waals surface area contributed by atoms with Gasteiger partial charge in [-0.2, -0.15) is 0 Å². The van der Waals surface area contributed by atoms with Crippen molar-refractivity contribution in [2.24, 2.45) is 0 Å². The zero-order valence-electron chi connectivity index (χ0n) is 11.7. The van der Waals surface area contributed by atoms with Crippen molar-refractivity contribution in [3.05, 3.63) is 94.9 Å². The Morgan fingerprint density at radius 2 is 1.82 bits per heavy atom. The quantitative estimate of drug-likeness (QED) is 0.773. The first-order chi connectivity index (χ1) is 10.7. The largest absolute Gasteiger partial charge is 0.467 e. The summed E-state index contributed by atoms with van der Waals surface area (Å²) in [5.41, 5.74) is 1.47.